The number of aromatic nitrogens is 1. The molecule has 0 amide bonds. The summed E-state index contributed by atoms with van der Waals surface area (Å²) in [7, 11) is 0. The van der Waals surface area contributed by atoms with Gasteiger partial charge >= 0.3 is 0 Å². The van der Waals surface area contributed by atoms with E-state index in [4.69, 9.17) is 19.2 Å². The Bertz CT molecular complexity index is 858. The summed E-state index contributed by atoms with van der Waals surface area (Å²) in [5, 5.41) is 16.1. The summed E-state index contributed by atoms with van der Waals surface area (Å²) in [6.07, 6.45) is 3.38. The van der Waals surface area contributed by atoms with Gasteiger partial charge in [0.15, 0.2) is 5.96 Å². The molecule has 8 nitrogen and oxygen atoms in total. The number of ether oxygens (including phenoxy) is 3. The molecule has 1 aliphatic heterocycles. The zero-order valence-electron chi connectivity index (χ0n) is 19.4. The van der Waals surface area contributed by atoms with E-state index in [9.17, 15) is 5.11 Å². The van der Waals surface area contributed by atoms with Crippen LogP contribution in [0, 0.1) is 5.41 Å². The van der Waals surface area contributed by atoms with Gasteiger partial charge in [0.05, 0.1) is 19.8 Å². The molecule has 1 unspecified atom stereocenters. The third kappa shape index (κ3) is 8.63. The first-order valence-corrected chi connectivity index (χ1v) is 11.2. The van der Waals surface area contributed by atoms with Gasteiger partial charge in [-0.1, -0.05) is 0 Å². The van der Waals surface area contributed by atoms with Gasteiger partial charge in [-0.05, 0) is 62.6 Å². The van der Waals surface area contributed by atoms with Crippen molar-refractivity contribution in [3.63, 3.8) is 0 Å². The predicted octanol–water partition coefficient (Wildman–Crippen LogP) is 3.73. The van der Waals surface area contributed by atoms with Gasteiger partial charge in [-0.15, -0.1) is 24.0 Å². The Morgan fingerprint density at radius 1 is 1.18 bits per heavy atom. The maximum Gasteiger partial charge on any atom is 0.219 e. The van der Waals surface area contributed by atoms with Crippen LogP contribution in [0.4, 0.5) is 0 Å². The molecule has 1 aromatic heterocycles. The lowest BCUT2D eigenvalue weighted by Crippen LogP contribution is -2.44. The van der Waals surface area contributed by atoms with Crippen LogP contribution in [0.1, 0.15) is 32.3 Å². The molecule has 182 valence electrons. The fourth-order valence-corrected chi connectivity index (χ4v) is 3.59. The molecule has 0 bridgehead atoms. The molecular weight excluding hydrogens is 535 g/mol. The molecule has 3 N–H and O–H groups in total. The molecular formula is C24H35IN4O4. The lowest BCUT2D eigenvalue weighted by Gasteiger charge is -2.27. The standard InChI is InChI=1S/C24H34N4O4.HI/c1-3-25-23(28-17-24(10-13-29)11-14-30-18-24)27-16-19-9-12-26-22(15-19)32-21-7-5-20(6-8-21)31-4-2;/h5-9,12,15,29H,3-4,10-11,13-14,16-18H2,1-2H3,(H2,25,27,28);1H. The number of pyridine rings is 1. The van der Waals surface area contributed by atoms with Crippen LogP contribution in [-0.2, 0) is 11.3 Å². The summed E-state index contributed by atoms with van der Waals surface area (Å²) in [6, 6.07) is 11.3. The molecule has 1 atom stereocenters. The quantitative estimate of drug-likeness (QED) is 0.215. The van der Waals surface area contributed by atoms with Crippen molar-refractivity contribution >= 4 is 29.9 Å². The van der Waals surface area contributed by atoms with Gasteiger partial charge in [-0.25, -0.2) is 9.98 Å². The first kappa shape index (κ1) is 27.1. The molecule has 2 aromatic rings. The van der Waals surface area contributed by atoms with Crippen LogP contribution in [-0.4, -0.2) is 55.6 Å². The average Bonchev–Trinajstić information content (AvgIpc) is 3.26. The Morgan fingerprint density at radius 3 is 2.64 bits per heavy atom. The summed E-state index contributed by atoms with van der Waals surface area (Å²) < 4.78 is 16.9. The molecule has 2 heterocycles. The second-order valence-electron chi connectivity index (χ2n) is 7.83. The van der Waals surface area contributed by atoms with Crippen molar-refractivity contribution < 1.29 is 19.3 Å². The molecule has 0 radical (unpaired) electrons. The van der Waals surface area contributed by atoms with E-state index in [0.717, 1.165) is 43.3 Å². The minimum Gasteiger partial charge on any atom is -0.494 e. The van der Waals surface area contributed by atoms with Crippen molar-refractivity contribution in [2.45, 2.75) is 33.2 Å². The minimum absolute atomic E-state index is 0. The number of benzene rings is 1. The number of guanidine groups is 1. The van der Waals surface area contributed by atoms with Crippen LogP contribution in [0.2, 0.25) is 0 Å². The molecule has 9 heteroatoms. The Kier molecular flexibility index (Phi) is 11.7. The fourth-order valence-electron chi connectivity index (χ4n) is 3.59. The van der Waals surface area contributed by atoms with E-state index in [2.05, 4.69) is 15.6 Å². The topological polar surface area (TPSA) is 97.2 Å². The van der Waals surface area contributed by atoms with Crippen molar-refractivity contribution in [2.75, 3.05) is 39.5 Å². The van der Waals surface area contributed by atoms with E-state index in [0.29, 0.717) is 37.9 Å². The van der Waals surface area contributed by atoms with Crippen LogP contribution in [0.5, 0.6) is 17.4 Å². The van der Waals surface area contributed by atoms with Crippen molar-refractivity contribution in [2.24, 2.45) is 10.4 Å². The molecule has 1 saturated heterocycles. The van der Waals surface area contributed by atoms with Crippen LogP contribution in [0.3, 0.4) is 0 Å². The van der Waals surface area contributed by atoms with E-state index in [1.807, 2.05) is 50.2 Å². The minimum atomic E-state index is -0.0413. The lowest BCUT2D eigenvalue weighted by molar-refractivity contribution is 0.127. The number of halogens is 1. The maximum atomic E-state index is 9.43. The number of aliphatic hydroxyl groups is 1. The number of nitrogens with zero attached hydrogens (tertiary/aromatic N) is 2. The van der Waals surface area contributed by atoms with Gasteiger partial charge in [0.25, 0.3) is 0 Å². The smallest absolute Gasteiger partial charge is 0.219 e. The van der Waals surface area contributed by atoms with Gasteiger partial charge in [0.2, 0.25) is 5.88 Å². The largest absolute Gasteiger partial charge is 0.494 e. The number of rotatable bonds is 11. The molecule has 1 aromatic carbocycles. The Labute approximate surface area is 213 Å². The number of aliphatic hydroxyl groups excluding tert-OH is 1. The fraction of sp³-hybridized carbons (Fsp3) is 0.500. The highest BCUT2D eigenvalue weighted by Gasteiger charge is 2.34. The molecule has 0 saturated carbocycles. The number of nitrogens with one attached hydrogen (secondary N) is 2. The molecule has 3 rings (SSSR count). The van der Waals surface area contributed by atoms with Crippen molar-refractivity contribution in [1.82, 2.24) is 15.6 Å². The number of aliphatic imine (C=N–C) groups is 1. The van der Waals surface area contributed by atoms with Crippen molar-refractivity contribution in [3.05, 3.63) is 48.2 Å². The second-order valence-corrected chi connectivity index (χ2v) is 7.83. The monoisotopic (exact) mass is 570 g/mol. The van der Waals surface area contributed by atoms with Crippen LogP contribution < -0.4 is 20.1 Å². The van der Waals surface area contributed by atoms with Gasteiger partial charge in [-0.3, -0.25) is 0 Å². The summed E-state index contributed by atoms with van der Waals surface area (Å²) in [6.45, 7) is 8.14. The third-order valence-corrected chi connectivity index (χ3v) is 5.38. The van der Waals surface area contributed by atoms with Crippen molar-refractivity contribution in [1.29, 1.82) is 0 Å². The summed E-state index contributed by atoms with van der Waals surface area (Å²) in [4.78, 5) is 9.01. The first-order chi connectivity index (χ1) is 15.7. The van der Waals surface area contributed by atoms with Gasteiger partial charge < -0.3 is 30.0 Å². The highest BCUT2D eigenvalue weighted by atomic mass is 127. The SMILES string of the molecule is CCNC(=NCc1ccnc(Oc2ccc(OCC)cc2)c1)NCC1(CCO)CCOC1.I. The predicted molar refractivity (Wildman–Crippen MR) is 140 cm³/mol. The summed E-state index contributed by atoms with van der Waals surface area (Å²) in [5.41, 5.74) is 0.952. The maximum absolute atomic E-state index is 9.43. The van der Waals surface area contributed by atoms with Crippen molar-refractivity contribution in [3.8, 4) is 17.4 Å². The number of hydrogen-bond donors (Lipinski definition) is 3. The van der Waals surface area contributed by atoms with E-state index in [1.165, 1.54) is 0 Å². The molecule has 33 heavy (non-hydrogen) atoms. The van der Waals surface area contributed by atoms with Gasteiger partial charge in [0.1, 0.15) is 11.5 Å². The molecule has 0 spiro atoms. The first-order valence-electron chi connectivity index (χ1n) is 11.2. The molecule has 0 aliphatic carbocycles. The third-order valence-electron chi connectivity index (χ3n) is 5.38. The van der Waals surface area contributed by atoms with E-state index >= 15 is 0 Å². The Morgan fingerprint density at radius 2 is 1.97 bits per heavy atom. The molecule has 1 fully saturated rings. The van der Waals surface area contributed by atoms with E-state index in [1.54, 1.807) is 6.20 Å². The highest BCUT2D eigenvalue weighted by molar-refractivity contribution is 14.0. The van der Waals surface area contributed by atoms with E-state index < -0.39 is 0 Å². The van der Waals surface area contributed by atoms with Crippen LogP contribution in [0.25, 0.3) is 0 Å². The van der Waals surface area contributed by atoms with Crippen LogP contribution in [0.15, 0.2) is 47.6 Å². The van der Waals surface area contributed by atoms with E-state index in [-0.39, 0.29) is 36.0 Å². The second kappa shape index (κ2) is 14.2. The Hall–Kier alpha value is -2.11. The van der Waals surface area contributed by atoms with Gasteiger partial charge in [-0.2, -0.15) is 0 Å². The average molecular weight is 570 g/mol. The normalized spacial score (nSPS) is 17.8. The number of hydrogen-bond acceptors (Lipinski definition) is 6. The Balaban J connectivity index is 0.00000385. The zero-order valence-corrected chi connectivity index (χ0v) is 21.7. The van der Waals surface area contributed by atoms with Crippen LogP contribution >= 0.6 is 24.0 Å². The summed E-state index contributed by atoms with van der Waals surface area (Å²) in [5.74, 6) is 2.76. The van der Waals surface area contributed by atoms with Gasteiger partial charge in [0, 0.05) is 44.0 Å². The lowest BCUT2D eigenvalue weighted by atomic mass is 9.84. The molecule has 1 aliphatic rings. The highest BCUT2D eigenvalue weighted by Crippen LogP contribution is 2.31. The summed E-state index contributed by atoms with van der Waals surface area (Å²) >= 11 is 0. The zero-order chi connectivity index (χ0) is 22.7.